The van der Waals surface area contributed by atoms with Crippen molar-refractivity contribution in [1.82, 2.24) is 29.1 Å². The fourth-order valence-corrected chi connectivity index (χ4v) is 10.9. The molecular weight excluding hydrogens is 1150 g/mol. The summed E-state index contributed by atoms with van der Waals surface area (Å²) in [6, 6.07) is 65.5. The monoisotopic (exact) mass is 1210 g/mol. The third kappa shape index (κ3) is 9.76. The molecule has 0 amide bonds. The Morgan fingerprint density at radius 1 is 0.570 bits per heavy atom. The number of nitrogens with zero attached hydrogens (tertiary/aromatic N) is 6. The molecule has 0 bridgehead atoms. The number of benzene rings is 9. The molecule has 0 unspecified atom stereocenters. The molecule has 0 fully saturated rings. The minimum absolute atomic E-state index is 0. The molecular formula is C71H64IrN6O-2. The summed E-state index contributed by atoms with van der Waals surface area (Å²) in [6.45, 7) is 20.0. The van der Waals surface area contributed by atoms with Crippen molar-refractivity contribution in [2.45, 2.75) is 98.8 Å². The van der Waals surface area contributed by atoms with Gasteiger partial charge in [0.25, 0.3) is 0 Å². The van der Waals surface area contributed by atoms with Crippen molar-refractivity contribution in [1.29, 1.82) is 0 Å². The summed E-state index contributed by atoms with van der Waals surface area (Å²) >= 11 is 0. The van der Waals surface area contributed by atoms with Crippen LogP contribution in [0.5, 0.6) is 0 Å². The number of para-hydroxylation sites is 1. The fraction of sp³-hybridized carbons (Fsp3) is 0.211. The Hall–Kier alpha value is -8.03. The first-order chi connectivity index (χ1) is 38.7. The van der Waals surface area contributed by atoms with Crippen LogP contribution in [0.1, 0.15) is 113 Å². The Morgan fingerprint density at radius 3 is 1.94 bits per heavy atom. The Balaban J connectivity index is 0.000000285. The number of hydrogen-bond acceptors (Lipinski definition) is 5. The SMILES string of the molecule is CC(C)c1cc(-c2ccccc2)cc(C(C)C)c1-n1c(-c2[c-]ccc3c2oc2cc4c(ccc5ccccc54)cc23)nc2cc3nc(C(C)(C)C)n(-c4ccccc4)c3cc21.[2H]C([2H])([2H])c1c[c-]c(-c2nccc(C(C)(C)C)n2)cc1.[Ir]. The number of furan rings is 1. The zero-order valence-electron chi connectivity index (χ0n) is 49.3. The van der Waals surface area contributed by atoms with Crippen molar-refractivity contribution in [3.63, 3.8) is 0 Å². The van der Waals surface area contributed by atoms with Crippen LogP contribution in [0.4, 0.5) is 0 Å². The fourth-order valence-electron chi connectivity index (χ4n) is 10.9. The van der Waals surface area contributed by atoms with Crippen molar-refractivity contribution in [2.24, 2.45) is 0 Å². The summed E-state index contributed by atoms with van der Waals surface area (Å²) in [5.74, 6) is 2.78. The van der Waals surface area contributed by atoms with Crippen LogP contribution in [0.25, 0.3) is 111 Å². The van der Waals surface area contributed by atoms with E-state index in [1.54, 1.807) is 18.3 Å². The molecule has 1 radical (unpaired) electrons. The summed E-state index contributed by atoms with van der Waals surface area (Å²) in [6.07, 6.45) is 1.72. The second-order valence-electron chi connectivity index (χ2n) is 23.2. The van der Waals surface area contributed by atoms with E-state index in [1.807, 2.05) is 12.1 Å². The predicted octanol–water partition coefficient (Wildman–Crippen LogP) is 18.8. The van der Waals surface area contributed by atoms with Gasteiger partial charge in [0, 0.05) is 63.7 Å². The molecule has 79 heavy (non-hydrogen) atoms. The smallest absolute Gasteiger partial charge is 0.121 e. The van der Waals surface area contributed by atoms with Crippen LogP contribution >= 0.6 is 0 Å². The summed E-state index contributed by atoms with van der Waals surface area (Å²) in [5, 5.41) is 6.91. The third-order valence-electron chi connectivity index (χ3n) is 14.9. The Labute approximate surface area is 481 Å². The molecule has 13 aromatic rings. The van der Waals surface area contributed by atoms with Gasteiger partial charge in [-0.15, -0.1) is 53.6 Å². The Morgan fingerprint density at radius 2 is 1.25 bits per heavy atom. The third-order valence-corrected chi connectivity index (χ3v) is 14.9. The molecule has 0 aliphatic heterocycles. The van der Waals surface area contributed by atoms with Gasteiger partial charge in [-0.25, -0.2) is 4.98 Å². The number of fused-ring (bicyclic) bond motifs is 8. The molecule has 13 rings (SSSR count). The average Bonchev–Trinajstić information content (AvgIpc) is 2.35. The molecule has 0 spiro atoms. The molecule has 395 valence electrons. The van der Waals surface area contributed by atoms with Gasteiger partial charge < -0.3 is 8.98 Å². The standard InChI is InChI=1S/C56H47N4O.C15H17N2.Ir/c1-33(2)43-28-38(35-17-10-8-11-18-35)29-44(34(3)4)52(43)60-50-32-49-48(58-55(56(5,6)7)59(49)39-20-12-9-13-21-39)31-47(50)57-54(60)42-24-16-23-41-46-27-37-26-25-36-19-14-15-22-40(36)45(37)30-51(46)61-53(41)42;1-11-5-7-12(8-6-11)14-16-10-9-13(17-14)15(2,3)4;/h8-23,25-34H,1-7H3;5-7,9-10H,1-4H3;/q2*-1;/i;1D3;. The van der Waals surface area contributed by atoms with E-state index in [1.165, 1.54) is 49.9 Å². The van der Waals surface area contributed by atoms with E-state index in [0.29, 0.717) is 11.4 Å². The van der Waals surface area contributed by atoms with Crippen molar-refractivity contribution >= 4 is 65.6 Å². The first kappa shape index (κ1) is 49.3. The first-order valence-corrected chi connectivity index (χ1v) is 27.0. The summed E-state index contributed by atoms with van der Waals surface area (Å²) in [7, 11) is 0. The van der Waals surface area contributed by atoms with Crippen molar-refractivity contribution in [3.05, 3.63) is 216 Å². The van der Waals surface area contributed by atoms with Crippen LogP contribution < -0.4 is 0 Å². The van der Waals surface area contributed by atoms with Gasteiger partial charge in [0.1, 0.15) is 11.4 Å². The summed E-state index contributed by atoms with van der Waals surface area (Å²) in [5.41, 5.74) is 15.1. The van der Waals surface area contributed by atoms with E-state index in [4.69, 9.17) is 18.5 Å². The van der Waals surface area contributed by atoms with Crippen LogP contribution in [-0.2, 0) is 30.9 Å². The number of aromatic nitrogens is 6. The first-order valence-electron chi connectivity index (χ1n) is 28.5. The molecule has 8 heteroatoms. The second-order valence-corrected chi connectivity index (χ2v) is 23.2. The summed E-state index contributed by atoms with van der Waals surface area (Å²) < 4.78 is 33.8. The zero-order valence-corrected chi connectivity index (χ0v) is 48.7. The van der Waals surface area contributed by atoms with Crippen molar-refractivity contribution in [2.75, 3.05) is 0 Å². The van der Waals surface area contributed by atoms with Gasteiger partial charge in [0.15, 0.2) is 0 Å². The van der Waals surface area contributed by atoms with E-state index in [2.05, 4.69) is 240 Å². The van der Waals surface area contributed by atoms with E-state index < -0.39 is 6.85 Å². The van der Waals surface area contributed by atoms with Gasteiger partial charge in [0.05, 0.1) is 39.3 Å². The number of rotatable bonds is 7. The average molecular weight is 1210 g/mol. The maximum Gasteiger partial charge on any atom is 0.121 e. The minimum atomic E-state index is -2.11. The number of imidazole rings is 2. The predicted molar refractivity (Wildman–Crippen MR) is 324 cm³/mol. The Kier molecular flexibility index (Phi) is 12.9. The van der Waals surface area contributed by atoms with Crippen LogP contribution in [-0.4, -0.2) is 29.1 Å². The largest absolute Gasteiger partial charge is 0.501 e. The van der Waals surface area contributed by atoms with Gasteiger partial charge in [-0.3, -0.25) is 19.5 Å². The maximum absolute atomic E-state index is 7.35. The maximum atomic E-state index is 7.35. The van der Waals surface area contributed by atoms with Crippen LogP contribution in [0.3, 0.4) is 0 Å². The van der Waals surface area contributed by atoms with Gasteiger partial charge in [-0.05, 0) is 110 Å². The quantitative estimate of drug-likeness (QED) is 0.117. The van der Waals surface area contributed by atoms with Crippen molar-refractivity contribution in [3.8, 4) is 45.3 Å². The van der Waals surface area contributed by atoms with E-state index in [-0.39, 0.29) is 48.3 Å². The Bertz CT molecular complexity index is 4490. The minimum Gasteiger partial charge on any atom is -0.501 e. The molecule has 0 atom stereocenters. The molecule has 4 heterocycles. The van der Waals surface area contributed by atoms with Gasteiger partial charge in [-0.1, -0.05) is 172 Å². The second kappa shape index (κ2) is 20.6. The van der Waals surface area contributed by atoms with Gasteiger partial charge in [0.2, 0.25) is 0 Å². The normalized spacial score (nSPS) is 12.8. The molecule has 0 saturated heterocycles. The molecule has 0 saturated carbocycles. The van der Waals surface area contributed by atoms with E-state index in [9.17, 15) is 0 Å². The van der Waals surface area contributed by atoms with Crippen molar-refractivity contribution < 1.29 is 28.6 Å². The topological polar surface area (TPSA) is 74.6 Å². The molecule has 0 aliphatic carbocycles. The van der Waals surface area contributed by atoms with Crippen LogP contribution in [0, 0.1) is 19.0 Å². The van der Waals surface area contributed by atoms with Gasteiger partial charge in [-0.2, -0.15) is 0 Å². The molecule has 0 N–H and O–H groups in total. The molecule has 9 aromatic carbocycles. The van der Waals surface area contributed by atoms with Gasteiger partial charge >= 0.3 is 0 Å². The van der Waals surface area contributed by atoms with E-state index in [0.717, 1.165) is 78.3 Å². The van der Waals surface area contributed by atoms with Crippen LogP contribution in [0.2, 0.25) is 0 Å². The molecule has 4 aromatic heterocycles. The summed E-state index contributed by atoms with van der Waals surface area (Å²) in [4.78, 5) is 19.7. The number of hydrogen-bond donors (Lipinski definition) is 0. The number of aryl methyl sites for hydroxylation is 1. The zero-order chi connectivity index (χ0) is 56.7. The van der Waals surface area contributed by atoms with Crippen LogP contribution in [0.15, 0.2) is 180 Å². The molecule has 7 nitrogen and oxygen atoms in total. The van der Waals surface area contributed by atoms with E-state index >= 15 is 0 Å². The molecule has 0 aliphatic rings.